The van der Waals surface area contributed by atoms with E-state index in [0.29, 0.717) is 5.41 Å². The first kappa shape index (κ1) is 15.1. The van der Waals surface area contributed by atoms with Gasteiger partial charge in [0.25, 0.3) is 0 Å². The molecule has 2 aromatic rings. The molecule has 1 aliphatic carbocycles. The van der Waals surface area contributed by atoms with Crippen molar-refractivity contribution in [2.45, 2.75) is 51.9 Å². The Morgan fingerprint density at radius 3 is 2.76 bits per heavy atom. The van der Waals surface area contributed by atoms with Crippen molar-refractivity contribution in [3.63, 3.8) is 0 Å². The van der Waals surface area contributed by atoms with Gasteiger partial charge in [-0.3, -0.25) is 0 Å². The number of aryl methyl sites for hydroxylation is 1. The summed E-state index contributed by atoms with van der Waals surface area (Å²) in [6.45, 7) is 4.50. The van der Waals surface area contributed by atoms with E-state index in [-0.39, 0.29) is 0 Å². The minimum absolute atomic E-state index is 0.616. The lowest BCUT2D eigenvalue weighted by Gasteiger charge is -2.29. The van der Waals surface area contributed by atoms with E-state index in [4.69, 9.17) is 0 Å². The zero-order valence-corrected chi connectivity index (χ0v) is 14.0. The number of fused-ring (bicyclic) bond motifs is 1. The second kappa shape index (κ2) is 6.93. The summed E-state index contributed by atoms with van der Waals surface area (Å²) in [6.07, 6.45) is 9.77. The van der Waals surface area contributed by atoms with Gasteiger partial charge in [-0.1, -0.05) is 38.0 Å². The molecule has 2 heteroatoms. The Bertz CT molecular complexity index is 566. The highest BCUT2D eigenvalue weighted by Gasteiger charge is 2.32. The third-order valence-corrected chi connectivity index (χ3v) is 6.24. The van der Waals surface area contributed by atoms with Gasteiger partial charge in [0.1, 0.15) is 0 Å². The predicted molar refractivity (Wildman–Crippen MR) is 94.2 cm³/mol. The van der Waals surface area contributed by atoms with Crippen LogP contribution in [0.5, 0.6) is 0 Å². The van der Waals surface area contributed by atoms with Crippen LogP contribution in [0, 0.1) is 5.41 Å². The molecule has 0 spiro atoms. The Morgan fingerprint density at radius 2 is 1.95 bits per heavy atom. The van der Waals surface area contributed by atoms with Crippen molar-refractivity contribution >= 4 is 21.4 Å². The maximum atomic E-state index is 3.52. The van der Waals surface area contributed by atoms with Gasteiger partial charge in [-0.05, 0) is 73.0 Å². The average Bonchev–Trinajstić information content (AvgIpc) is 3.13. The fraction of sp³-hybridized carbons (Fsp3) is 0.579. The number of hydrogen-bond donors (Lipinski definition) is 1. The molecule has 1 N–H and O–H groups in total. The van der Waals surface area contributed by atoms with Crippen LogP contribution in [0.4, 0.5) is 0 Å². The van der Waals surface area contributed by atoms with Crippen molar-refractivity contribution in [3.8, 4) is 0 Å². The smallest absolute Gasteiger partial charge is 0.0345 e. The summed E-state index contributed by atoms with van der Waals surface area (Å²) in [5.74, 6) is 0. The molecule has 1 nitrogen and oxygen atoms in total. The quantitative estimate of drug-likeness (QED) is 0.676. The van der Waals surface area contributed by atoms with Crippen molar-refractivity contribution < 1.29 is 0 Å². The van der Waals surface area contributed by atoms with Gasteiger partial charge in [-0.25, -0.2) is 0 Å². The zero-order valence-electron chi connectivity index (χ0n) is 13.2. The monoisotopic (exact) mass is 301 g/mol. The zero-order chi connectivity index (χ0) is 14.5. The van der Waals surface area contributed by atoms with Crippen molar-refractivity contribution in [1.29, 1.82) is 0 Å². The summed E-state index contributed by atoms with van der Waals surface area (Å²) in [4.78, 5) is 0. The molecule has 1 aromatic carbocycles. The first-order chi connectivity index (χ1) is 10.3. The third-order valence-electron chi connectivity index (χ3n) is 5.23. The van der Waals surface area contributed by atoms with Gasteiger partial charge < -0.3 is 5.32 Å². The topological polar surface area (TPSA) is 12.0 Å². The highest BCUT2D eigenvalue weighted by molar-refractivity contribution is 7.17. The summed E-state index contributed by atoms with van der Waals surface area (Å²) in [5, 5.41) is 7.40. The fourth-order valence-corrected chi connectivity index (χ4v) is 4.90. The van der Waals surface area contributed by atoms with Crippen LogP contribution < -0.4 is 5.32 Å². The van der Waals surface area contributed by atoms with E-state index in [2.05, 4.69) is 41.9 Å². The first-order valence-electron chi connectivity index (χ1n) is 8.49. The minimum atomic E-state index is 0.616. The van der Waals surface area contributed by atoms with Crippen molar-refractivity contribution in [2.75, 3.05) is 13.1 Å². The number of hydrogen-bond acceptors (Lipinski definition) is 2. The van der Waals surface area contributed by atoms with Crippen LogP contribution in [0.15, 0.2) is 29.6 Å². The molecule has 1 saturated carbocycles. The molecule has 114 valence electrons. The molecule has 1 aromatic heterocycles. The molecule has 1 fully saturated rings. The first-order valence-corrected chi connectivity index (χ1v) is 9.37. The highest BCUT2D eigenvalue weighted by atomic mass is 32.1. The van der Waals surface area contributed by atoms with Gasteiger partial charge in [0.05, 0.1) is 0 Å². The highest BCUT2D eigenvalue weighted by Crippen LogP contribution is 2.45. The van der Waals surface area contributed by atoms with Crippen LogP contribution >= 0.6 is 11.3 Å². The van der Waals surface area contributed by atoms with Gasteiger partial charge in [0.2, 0.25) is 0 Å². The summed E-state index contributed by atoms with van der Waals surface area (Å²) >= 11 is 1.90. The summed E-state index contributed by atoms with van der Waals surface area (Å²) in [7, 11) is 0. The Kier molecular flexibility index (Phi) is 4.97. The molecule has 0 bridgehead atoms. The molecular formula is C19H27NS. The van der Waals surface area contributed by atoms with Gasteiger partial charge in [-0.2, -0.15) is 0 Å². The second-order valence-electron chi connectivity index (χ2n) is 6.57. The molecule has 0 amide bonds. The molecule has 0 unspecified atom stereocenters. The Labute approximate surface area is 132 Å². The molecule has 0 radical (unpaired) electrons. The van der Waals surface area contributed by atoms with E-state index in [1.54, 1.807) is 5.56 Å². The molecule has 0 aliphatic heterocycles. The summed E-state index contributed by atoms with van der Waals surface area (Å²) < 4.78 is 1.45. The van der Waals surface area contributed by atoms with Crippen molar-refractivity contribution in [3.05, 3.63) is 35.2 Å². The SMILES string of the molecule is CCNCCC1(CCc2csc3ccccc23)CCCC1. The molecular weight excluding hydrogens is 274 g/mol. The summed E-state index contributed by atoms with van der Waals surface area (Å²) in [6, 6.07) is 8.87. The number of thiophene rings is 1. The normalized spacial score (nSPS) is 17.6. The second-order valence-corrected chi connectivity index (χ2v) is 7.48. The lowest BCUT2D eigenvalue weighted by molar-refractivity contribution is 0.246. The average molecular weight is 301 g/mol. The lowest BCUT2D eigenvalue weighted by Crippen LogP contribution is -2.25. The van der Waals surface area contributed by atoms with E-state index < -0.39 is 0 Å². The van der Waals surface area contributed by atoms with Crippen LogP contribution in [0.1, 0.15) is 51.0 Å². The Hall–Kier alpha value is -0.860. The minimum Gasteiger partial charge on any atom is -0.317 e. The van der Waals surface area contributed by atoms with Gasteiger partial charge in [0, 0.05) is 4.70 Å². The van der Waals surface area contributed by atoms with E-state index in [9.17, 15) is 0 Å². The Morgan fingerprint density at radius 1 is 1.14 bits per heavy atom. The molecule has 1 aliphatic rings. The van der Waals surface area contributed by atoms with E-state index in [1.165, 1.54) is 61.6 Å². The van der Waals surface area contributed by atoms with Gasteiger partial charge >= 0.3 is 0 Å². The number of nitrogens with one attached hydrogen (secondary N) is 1. The van der Waals surface area contributed by atoms with Crippen molar-refractivity contribution in [1.82, 2.24) is 5.32 Å². The largest absolute Gasteiger partial charge is 0.317 e. The van der Waals surface area contributed by atoms with Gasteiger partial charge in [0.15, 0.2) is 0 Å². The van der Waals surface area contributed by atoms with E-state index in [1.807, 2.05) is 11.3 Å². The standard InChI is InChI=1S/C19H27NS/c1-2-20-14-13-19(10-5-6-11-19)12-9-16-15-21-18-8-4-3-7-17(16)18/h3-4,7-8,15,20H,2,5-6,9-14H2,1H3. The molecule has 0 saturated heterocycles. The van der Waals surface area contributed by atoms with Crippen LogP contribution in [-0.4, -0.2) is 13.1 Å². The Balaban J connectivity index is 1.66. The molecule has 1 heterocycles. The predicted octanol–water partition coefficient (Wildman–Crippen LogP) is 5.39. The van der Waals surface area contributed by atoms with Crippen LogP contribution in [0.2, 0.25) is 0 Å². The van der Waals surface area contributed by atoms with E-state index in [0.717, 1.165) is 6.54 Å². The van der Waals surface area contributed by atoms with Gasteiger partial charge in [-0.15, -0.1) is 11.3 Å². The van der Waals surface area contributed by atoms with Crippen LogP contribution in [0.3, 0.4) is 0 Å². The van der Waals surface area contributed by atoms with Crippen molar-refractivity contribution in [2.24, 2.45) is 5.41 Å². The molecule has 21 heavy (non-hydrogen) atoms. The molecule has 0 atom stereocenters. The van der Waals surface area contributed by atoms with Crippen LogP contribution in [-0.2, 0) is 6.42 Å². The van der Waals surface area contributed by atoms with E-state index >= 15 is 0 Å². The maximum Gasteiger partial charge on any atom is 0.0345 e. The lowest BCUT2D eigenvalue weighted by atomic mass is 9.77. The molecule has 3 rings (SSSR count). The summed E-state index contributed by atoms with van der Waals surface area (Å²) in [5.41, 5.74) is 2.19. The number of benzene rings is 1. The number of rotatable bonds is 7. The third kappa shape index (κ3) is 3.49. The van der Waals surface area contributed by atoms with Crippen LogP contribution in [0.25, 0.3) is 10.1 Å². The maximum absolute atomic E-state index is 3.52. The fourth-order valence-electron chi connectivity index (χ4n) is 3.91.